The van der Waals surface area contributed by atoms with E-state index in [0.717, 1.165) is 18.0 Å². The van der Waals surface area contributed by atoms with Crippen LogP contribution in [0.4, 0.5) is 5.82 Å². The summed E-state index contributed by atoms with van der Waals surface area (Å²) in [5.41, 5.74) is 1.36. The van der Waals surface area contributed by atoms with Crippen molar-refractivity contribution in [3.63, 3.8) is 0 Å². The molecule has 0 saturated carbocycles. The number of hydrogen-bond donors (Lipinski definition) is 2. The molecule has 4 nitrogen and oxygen atoms in total. The summed E-state index contributed by atoms with van der Waals surface area (Å²) in [6.07, 6.45) is 2.19. The lowest BCUT2D eigenvalue weighted by molar-refractivity contribution is 0.0696. The van der Waals surface area contributed by atoms with E-state index >= 15 is 0 Å². The minimum atomic E-state index is -0.972. The van der Waals surface area contributed by atoms with Crippen LogP contribution < -0.4 is 5.32 Å². The van der Waals surface area contributed by atoms with Crippen LogP contribution in [0, 0.1) is 0 Å². The normalized spacial score (nSPS) is 10.2. The number of carboxylic acids is 1. The molecule has 5 heteroatoms. The number of nitrogens with zero attached hydrogens (tertiary/aromatic N) is 1. The van der Waals surface area contributed by atoms with Gasteiger partial charge in [-0.25, -0.2) is 9.78 Å². The first kappa shape index (κ1) is 13.4. The van der Waals surface area contributed by atoms with Crippen molar-refractivity contribution in [1.29, 1.82) is 0 Å². The second-order valence-corrected chi connectivity index (χ2v) is 4.48. The maximum atomic E-state index is 10.7. The van der Waals surface area contributed by atoms with E-state index in [1.165, 1.54) is 17.8 Å². The second-order valence-electron chi connectivity index (χ2n) is 4.04. The number of benzene rings is 1. The molecule has 0 bridgehead atoms. The van der Waals surface area contributed by atoms with E-state index in [2.05, 4.69) is 10.3 Å². The van der Waals surface area contributed by atoms with Crippen molar-refractivity contribution >= 4 is 23.4 Å². The summed E-state index contributed by atoms with van der Waals surface area (Å²) in [6, 6.07) is 10.9. The third-order valence-corrected chi connectivity index (χ3v) is 2.90. The van der Waals surface area contributed by atoms with Crippen LogP contribution in [0.2, 0.25) is 5.02 Å². The molecule has 2 N–H and O–H groups in total. The number of aromatic nitrogens is 1. The Morgan fingerprint density at radius 1 is 1.21 bits per heavy atom. The number of pyridine rings is 1. The lowest BCUT2D eigenvalue weighted by atomic mass is 10.1. The molecule has 0 saturated heterocycles. The van der Waals surface area contributed by atoms with Crippen molar-refractivity contribution in [3.05, 3.63) is 58.7 Å². The summed E-state index contributed by atoms with van der Waals surface area (Å²) < 4.78 is 0. The first-order valence-corrected chi connectivity index (χ1v) is 6.20. The number of nitrogens with one attached hydrogen (secondary N) is 1. The van der Waals surface area contributed by atoms with Gasteiger partial charge in [0.15, 0.2) is 0 Å². The first-order valence-electron chi connectivity index (χ1n) is 5.83. The number of carbonyl (C=O) groups is 1. The predicted molar refractivity (Wildman–Crippen MR) is 74.8 cm³/mol. The van der Waals surface area contributed by atoms with Gasteiger partial charge in [-0.3, -0.25) is 0 Å². The predicted octanol–water partition coefficient (Wildman–Crippen LogP) is 3.09. The highest BCUT2D eigenvalue weighted by atomic mass is 35.5. The molecule has 0 unspecified atom stereocenters. The molecule has 19 heavy (non-hydrogen) atoms. The Hall–Kier alpha value is -2.07. The van der Waals surface area contributed by atoms with Gasteiger partial charge in [0.25, 0.3) is 0 Å². The van der Waals surface area contributed by atoms with Gasteiger partial charge in [-0.2, -0.15) is 0 Å². The fourth-order valence-corrected chi connectivity index (χ4v) is 1.74. The van der Waals surface area contributed by atoms with Gasteiger partial charge in [-0.15, -0.1) is 0 Å². The highest BCUT2D eigenvalue weighted by Gasteiger charge is 2.02. The number of halogens is 1. The van der Waals surface area contributed by atoms with Crippen molar-refractivity contribution in [2.24, 2.45) is 0 Å². The van der Waals surface area contributed by atoms with Crippen LogP contribution in [0.3, 0.4) is 0 Å². The Bertz CT molecular complexity index is 553. The molecule has 0 amide bonds. The molecule has 0 aliphatic rings. The van der Waals surface area contributed by atoms with E-state index in [-0.39, 0.29) is 5.56 Å². The van der Waals surface area contributed by atoms with Gasteiger partial charge < -0.3 is 10.4 Å². The van der Waals surface area contributed by atoms with Gasteiger partial charge in [-0.1, -0.05) is 23.7 Å². The zero-order valence-corrected chi connectivity index (χ0v) is 10.9. The molecule has 98 valence electrons. The Balaban J connectivity index is 1.85. The van der Waals surface area contributed by atoms with Gasteiger partial charge in [0, 0.05) is 17.8 Å². The van der Waals surface area contributed by atoms with Crippen LogP contribution in [0.15, 0.2) is 42.6 Å². The monoisotopic (exact) mass is 276 g/mol. The minimum Gasteiger partial charge on any atom is -0.478 e. The molecule has 1 heterocycles. The van der Waals surface area contributed by atoms with Crippen LogP contribution in [-0.4, -0.2) is 22.6 Å². The Labute approximate surface area is 116 Å². The Morgan fingerprint density at radius 2 is 1.95 bits per heavy atom. The molecule has 1 aromatic carbocycles. The van der Waals surface area contributed by atoms with Gasteiger partial charge in [0.05, 0.1) is 5.56 Å². The quantitative estimate of drug-likeness (QED) is 0.881. The average Bonchev–Trinajstić information content (AvgIpc) is 2.41. The highest BCUT2D eigenvalue weighted by molar-refractivity contribution is 6.30. The number of carboxylic acid groups (broad SMARTS) is 1. The first-order chi connectivity index (χ1) is 9.15. The summed E-state index contributed by atoms with van der Waals surface area (Å²) in [7, 11) is 0. The minimum absolute atomic E-state index is 0.184. The van der Waals surface area contributed by atoms with Gasteiger partial charge >= 0.3 is 5.97 Å². The van der Waals surface area contributed by atoms with Crippen molar-refractivity contribution < 1.29 is 9.90 Å². The van der Waals surface area contributed by atoms with E-state index in [9.17, 15) is 4.79 Å². The fraction of sp³-hybridized carbons (Fsp3) is 0.143. The molecular weight excluding hydrogens is 264 g/mol. The fourth-order valence-electron chi connectivity index (χ4n) is 1.61. The largest absolute Gasteiger partial charge is 0.478 e. The Kier molecular flexibility index (Phi) is 4.36. The standard InChI is InChI=1S/C14H13ClN2O2/c15-12-4-1-10(2-5-12)7-8-16-13-6-3-11(9-17-13)14(18)19/h1-6,9H,7-8H2,(H,16,17)(H,18,19). The molecule has 2 rings (SSSR count). The van der Waals surface area contributed by atoms with Gasteiger partial charge in [0.1, 0.15) is 5.82 Å². The smallest absolute Gasteiger partial charge is 0.337 e. The summed E-state index contributed by atoms with van der Waals surface area (Å²) in [5.74, 6) is -0.306. The van der Waals surface area contributed by atoms with Crippen molar-refractivity contribution in [3.8, 4) is 0 Å². The summed E-state index contributed by atoms with van der Waals surface area (Å²) >= 11 is 5.81. The van der Waals surface area contributed by atoms with Crippen LogP contribution in [-0.2, 0) is 6.42 Å². The molecule has 0 atom stereocenters. The number of aromatic carboxylic acids is 1. The van der Waals surface area contributed by atoms with E-state index < -0.39 is 5.97 Å². The maximum Gasteiger partial charge on any atom is 0.337 e. The zero-order valence-electron chi connectivity index (χ0n) is 10.1. The number of anilines is 1. The van der Waals surface area contributed by atoms with Crippen molar-refractivity contribution in [1.82, 2.24) is 4.98 Å². The van der Waals surface area contributed by atoms with Crippen LogP contribution in [0.5, 0.6) is 0 Å². The lowest BCUT2D eigenvalue weighted by Gasteiger charge is -2.06. The van der Waals surface area contributed by atoms with Crippen LogP contribution in [0.25, 0.3) is 0 Å². The van der Waals surface area contributed by atoms with E-state index in [1.807, 2.05) is 24.3 Å². The molecule has 0 radical (unpaired) electrons. The molecule has 0 aliphatic heterocycles. The molecule has 0 spiro atoms. The topological polar surface area (TPSA) is 62.2 Å². The maximum absolute atomic E-state index is 10.7. The molecule has 0 aliphatic carbocycles. The lowest BCUT2D eigenvalue weighted by Crippen LogP contribution is -2.07. The Morgan fingerprint density at radius 3 is 2.53 bits per heavy atom. The zero-order chi connectivity index (χ0) is 13.7. The van der Waals surface area contributed by atoms with E-state index in [4.69, 9.17) is 16.7 Å². The molecule has 0 fully saturated rings. The highest BCUT2D eigenvalue weighted by Crippen LogP contribution is 2.10. The third-order valence-electron chi connectivity index (χ3n) is 2.64. The van der Waals surface area contributed by atoms with Crippen molar-refractivity contribution in [2.75, 3.05) is 11.9 Å². The average molecular weight is 277 g/mol. The molecule has 2 aromatic rings. The van der Waals surface area contributed by atoms with Crippen LogP contribution in [0.1, 0.15) is 15.9 Å². The van der Waals surface area contributed by atoms with Crippen LogP contribution >= 0.6 is 11.6 Å². The second kappa shape index (κ2) is 6.20. The summed E-state index contributed by atoms with van der Waals surface area (Å²) in [6.45, 7) is 0.723. The summed E-state index contributed by atoms with van der Waals surface area (Å²) in [4.78, 5) is 14.7. The number of hydrogen-bond acceptors (Lipinski definition) is 3. The van der Waals surface area contributed by atoms with Crippen molar-refractivity contribution in [2.45, 2.75) is 6.42 Å². The summed E-state index contributed by atoms with van der Waals surface area (Å²) in [5, 5.41) is 12.6. The number of rotatable bonds is 5. The van der Waals surface area contributed by atoms with Gasteiger partial charge in [-0.05, 0) is 36.2 Å². The molecule has 1 aromatic heterocycles. The van der Waals surface area contributed by atoms with E-state index in [0.29, 0.717) is 5.82 Å². The van der Waals surface area contributed by atoms with Gasteiger partial charge in [0.2, 0.25) is 0 Å². The molecular formula is C14H13ClN2O2. The SMILES string of the molecule is O=C(O)c1ccc(NCCc2ccc(Cl)cc2)nc1. The van der Waals surface area contributed by atoms with E-state index in [1.54, 1.807) is 6.07 Å². The third kappa shape index (κ3) is 3.96.